The molecule has 0 aliphatic heterocycles. The Morgan fingerprint density at radius 1 is 1.29 bits per heavy atom. The summed E-state index contributed by atoms with van der Waals surface area (Å²) in [6, 6.07) is 6.32. The number of aliphatic imine (C=N–C) groups is 1. The summed E-state index contributed by atoms with van der Waals surface area (Å²) in [5, 5.41) is 0. The van der Waals surface area contributed by atoms with Crippen molar-refractivity contribution in [3.63, 3.8) is 0 Å². The third kappa shape index (κ3) is 2.85. The van der Waals surface area contributed by atoms with E-state index in [4.69, 9.17) is 0 Å². The molecule has 0 aliphatic rings. The topological polar surface area (TPSA) is 12.4 Å². The number of nitrogens with zero attached hydrogens (tertiary/aromatic N) is 1. The van der Waals surface area contributed by atoms with Gasteiger partial charge in [0.2, 0.25) is 0 Å². The Kier molecular flexibility index (Phi) is 4.68. The quantitative estimate of drug-likeness (QED) is 0.615. The largest absolute Gasteiger partial charge is 0.264 e. The predicted octanol–water partition coefficient (Wildman–Crippen LogP) is 5.20. The first-order chi connectivity index (χ1) is 8.02. The van der Waals surface area contributed by atoms with E-state index in [1.54, 1.807) is 0 Å². The van der Waals surface area contributed by atoms with Gasteiger partial charge in [0.25, 0.3) is 0 Å². The average molecular weight is 229 g/mol. The SMILES string of the molecule is C=Nc1c(C(=C)C(C)CC)cccc1C(C)C. The molecule has 1 rings (SSSR count). The van der Waals surface area contributed by atoms with Crippen molar-refractivity contribution < 1.29 is 0 Å². The van der Waals surface area contributed by atoms with Crippen molar-refractivity contribution in [3.05, 3.63) is 35.9 Å². The van der Waals surface area contributed by atoms with Crippen LogP contribution in [-0.4, -0.2) is 6.72 Å². The number of benzene rings is 1. The molecule has 1 nitrogen and oxygen atoms in total. The van der Waals surface area contributed by atoms with E-state index in [9.17, 15) is 0 Å². The third-order valence-electron chi connectivity index (χ3n) is 3.40. The van der Waals surface area contributed by atoms with Crippen molar-refractivity contribution in [1.82, 2.24) is 0 Å². The Morgan fingerprint density at radius 3 is 2.41 bits per heavy atom. The summed E-state index contributed by atoms with van der Waals surface area (Å²) in [4.78, 5) is 4.22. The molecule has 0 spiro atoms. The number of hydrogen-bond acceptors (Lipinski definition) is 1. The molecule has 0 saturated heterocycles. The molecule has 0 aromatic heterocycles. The van der Waals surface area contributed by atoms with Gasteiger partial charge in [0.05, 0.1) is 5.69 Å². The summed E-state index contributed by atoms with van der Waals surface area (Å²) in [5.74, 6) is 0.943. The van der Waals surface area contributed by atoms with Gasteiger partial charge in [-0.25, -0.2) is 0 Å². The summed E-state index contributed by atoms with van der Waals surface area (Å²) in [6.45, 7) is 16.7. The van der Waals surface area contributed by atoms with E-state index in [0.29, 0.717) is 11.8 Å². The molecule has 0 radical (unpaired) electrons. The molecule has 1 atom stereocenters. The van der Waals surface area contributed by atoms with Gasteiger partial charge in [-0.2, -0.15) is 0 Å². The first-order valence-corrected chi connectivity index (χ1v) is 6.31. The molecule has 17 heavy (non-hydrogen) atoms. The maximum atomic E-state index is 4.22. The molecular weight excluding hydrogens is 206 g/mol. The van der Waals surface area contributed by atoms with Crippen LogP contribution in [0.3, 0.4) is 0 Å². The zero-order valence-corrected chi connectivity index (χ0v) is 11.5. The maximum absolute atomic E-state index is 4.22. The Balaban J connectivity index is 3.29. The molecule has 0 amide bonds. The van der Waals surface area contributed by atoms with E-state index in [-0.39, 0.29) is 0 Å². The monoisotopic (exact) mass is 229 g/mol. The van der Waals surface area contributed by atoms with Gasteiger partial charge in [-0.05, 0) is 36.1 Å². The highest BCUT2D eigenvalue weighted by Crippen LogP contribution is 2.36. The average Bonchev–Trinajstić information content (AvgIpc) is 2.35. The first-order valence-electron chi connectivity index (χ1n) is 6.31. The summed E-state index contributed by atoms with van der Waals surface area (Å²) in [7, 11) is 0. The highest BCUT2D eigenvalue weighted by Gasteiger charge is 2.14. The molecule has 1 heteroatoms. The molecule has 0 fully saturated rings. The maximum Gasteiger partial charge on any atom is 0.0731 e. The first kappa shape index (κ1) is 13.7. The summed E-state index contributed by atoms with van der Waals surface area (Å²) in [5.41, 5.74) is 4.58. The van der Waals surface area contributed by atoms with Crippen LogP contribution >= 0.6 is 0 Å². The van der Waals surface area contributed by atoms with Crippen LogP contribution in [0.25, 0.3) is 5.57 Å². The normalized spacial score (nSPS) is 12.5. The van der Waals surface area contributed by atoms with Crippen LogP contribution in [0.15, 0.2) is 29.8 Å². The molecule has 0 heterocycles. The van der Waals surface area contributed by atoms with Gasteiger partial charge in [-0.1, -0.05) is 52.5 Å². The molecule has 1 aromatic rings. The Morgan fingerprint density at radius 2 is 1.94 bits per heavy atom. The highest BCUT2D eigenvalue weighted by atomic mass is 14.7. The molecule has 0 saturated carbocycles. The van der Waals surface area contributed by atoms with Crippen molar-refractivity contribution in [3.8, 4) is 0 Å². The lowest BCUT2D eigenvalue weighted by Gasteiger charge is -2.18. The minimum Gasteiger partial charge on any atom is -0.264 e. The second-order valence-corrected chi connectivity index (χ2v) is 4.89. The molecule has 0 bridgehead atoms. The number of rotatable bonds is 5. The summed E-state index contributed by atoms with van der Waals surface area (Å²) >= 11 is 0. The standard InChI is InChI=1S/C16H23N/c1-7-12(4)13(5)15-10-8-9-14(11(2)3)16(15)17-6/h8-12H,5-7H2,1-4H3. The number of allylic oxidation sites excluding steroid dienone is 1. The van der Waals surface area contributed by atoms with Crippen LogP contribution in [-0.2, 0) is 0 Å². The van der Waals surface area contributed by atoms with Gasteiger partial charge < -0.3 is 0 Å². The lowest BCUT2D eigenvalue weighted by Crippen LogP contribution is -1.98. The van der Waals surface area contributed by atoms with Crippen molar-refractivity contribution >= 4 is 18.0 Å². The van der Waals surface area contributed by atoms with E-state index >= 15 is 0 Å². The van der Waals surface area contributed by atoms with E-state index in [0.717, 1.165) is 23.2 Å². The van der Waals surface area contributed by atoms with Gasteiger partial charge in [0.1, 0.15) is 0 Å². The van der Waals surface area contributed by atoms with Crippen molar-refractivity contribution in [1.29, 1.82) is 0 Å². The molecule has 92 valence electrons. The zero-order chi connectivity index (χ0) is 13.0. The van der Waals surface area contributed by atoms with Crippen LogP contribution in [0.4, 0.5) is 5.69 Å². The van der Waals surface area contributed by atoms with Gasteiger partial charge in [-0.3, -0.25) is 4.99 Å². The highest BCUT2D eigenvalue weighted by molar-refractivity contribution is 5.77. The fraction of sp³-hybridized carbons (Fsp3) is 0.438. The second kappa shape index (κ2) is 5.81. The molecular formula is C16H23N. The van der Waals surface area contributed by atoms with Crippen molar-refractivity contribution in [2.45, 2.75) is 40.0 Å². The van der Waals surface area contributed by atoms with Gasteiger partial charge in [0, 0.05) is 5.56 Å². The van der Waals surface area contributed by atoms with E-state index in [2.05, 4.69) is 64.2 Å². The molecule has 0 N–H and O–H groups in total. The number of para-hydroxylation sites is 1. The Labute approximate surface area is 105 Å². The fourth-order valence-corrected chi connectivity index (χ4v) is 1.97. The fourth-order valence-electron chi connectivity index (χ4n) is 1.97. The summed E-state index contributed by atoms with van der Waals surface area (Å²) < 4.78 is 0. The smallest absolute Gasteiger partial charge is 0.0731 e. The van der Waals surface area contributed by atoms with E-state index < -0.39 is 0 Å². The predicted molar refractivity (Wildman–Crippen MR) is 78.2 cm³/mol. The molecule has 0 aliphatic carbocycles. The van der Waals surface area contributed by atoms with E-state index in [1.807, 2.05) is 0 Å². The van der Waals surface area contributed by atoms with E-state index in [1.165, 1.54) is 5.56 Å². The van der Waals surface area contributed by atoms with Crippen molar-refractivity contribution in [2.24, 2.45) is 10.9 Å². The van der Waals surface area contributed by atoms with Crippen LogP contribution in [0, 0.1) is 5.92 Å². The molecule has 1 unspecified atom stereocenters. The van der Waals surface area contributed by atoms with Crippen LogP contribution < -0.4 is 0 Å². The summed E-state index contributed by atoms with van der Waals surface area (Å²) in [6.07, 6.45) is 1.10. The van der Waals surface area contributed by atoms with Crippen molar-refractivity contribution in [2.75, 3.05) is 0 Å². The Bertz CT molecular complexity index is 416. The second-order valence-electron chi connectivity index (χ2n) is 4.89. The van der Waals surface area contributed by atoms with Crippen LogP contribution in [0.5, 0.6) is 0 Å². The van der Waals surface area contributed by atoms with Gasteiger partial charge in [0.15, 0.2) is 0 Å². The zero-order valence-electron chi connectivity index (χ0n) is 11.5. The number of hydrogen-bond donors (Lipinski definition) is 0. The third-order valence-corrected chi connectivity index (χ3v) is 3.40. The van der Waals surface area contributed by atoms with Crippen LogP contribution in [0.1, 0.15) is 51.2 Å². The minimum atomic E-state index is 0.459. The van der Waals surface area contributed by atoms with Gasteiger partial charge in [-0.15, -0.1) is 0 Å². The minimum absolute atomic E-state index is 0.459. The lowest BCUT2D eigenvalue weighted by molar-refractivity contribution is 0.719. The lowest BCUT2D eigenvalue weighted by atomic mass is 9.89. The Hall–Kier alpha value is -1.37. The molecule has 1 aromatic carbocycles. The van der Waals surface area contributed by atoms with Gasteiger partial charge >= 0.3 is 0 Å². The van der Waals surface area contributed by atoms with Crippen LogP contribution in [0.2, 0.25) is 0 Å².